The molecule has 0 atom stereocenters. The summed E-state index contributed by atoms with van der Waals surface area (Å²) in [5, 5.41) is 5.81. The second-order valence-electron chi connectivity index (χ2n) is 5.10. The van der Waals surface area contributed by atoms with Gasteiger partial charge in [-0.05, 0) is 23.8 Å². The number of hydrogen-bond acceptors (Lipinski definition) is 4. The van der Waals surface area contributed by atoms with E-state index >= 15 is 0 Å². The highest BCUT2D eigenvalue weighted by Gasteiger charge is 2.10. The van der Waals surface area contributed by atoms with Gasteiger partial charge in [-0.3, -0.25) is 4.79 Å². The van der Waals surface area contributed by atoms with Gasteiger partial charge in [0.05, 0.1) is 24.2 Å². The number of hydrogen-bond donors (Lipinski definition) is 1. The van der Waals surface area contributed by atoms with Gasteiger partial charge < -0.3 is 10.1 Å². The van der Waals surface area contributed by atoms with Crippen LogP contribution in [-0.2, 0) is 11.2 Å². The Bertz CT molecular complexity index is 849. The zero-order valence-corrected chi connectivity index (χ0v) is 14.5. The highest BCUT2D eigenvalue weighted by molar-refractivity contribution is 7.14. The quantitative estimate of drug-likeness (QED) is 0.722. The number of carbonyl (C=O) groups is 1. The van der Waals surface area contributed by atoms with Crippen molar-refractivity contribution in [3.05, 3.63) is 64.5 Å². The first kappa shape index (κ1) is 16.5. The van der Waals surface area contributed by atoms with Crippen LogP contribution in [0.25, 0.3) is 11.3 Å². The van der Waals surface area contributed by atoms with Crippen molar-refractivity contribution in [1.29, 1.82) is 0 Å². The number of thiazole rings is 1. The molecular formula is C18H15ClN2O2S. The molecule has 122 valence electrons. The lowest BCUT2D eigenvalue weighted by Crippen LogP contribution is -2.14. The van der Waals surface area contributed by atoms with Crippen molar-refractivity contribution in [2.75, 3.05) is 12.4 Å². The van der Waals surface area contributed by atoms with E-state index < -0.39 is 0 Å². The Hall–Kier alpha value is -2.37. The summed E-state index contributed by atoms with van der Waals surface area (Å²) in [7, 11) is 1.57. The number of carbonyl (C=O) groups excluding carboxylic acids is 1. The molecule has 0 aliphatic carbocycles. The molecule has 1 amide bonds. The van der Waals surface area contributed by atoms with E-state index in [2.05, 4.69) is 10.3 Å². The molecule has 2 aromatic carbocycles. The minimum atomic E-state index is -0.0881. The Morgan fingerprint density at radius 1 is 1.25 bits per heavy atom. The largest absolute Gasteiger partial charge is 0.495 e. The summed E-state index contributed by atoms with van der Waals surface area (Å²) in [6.07, 6.45) is 0.324. The third-order valence-electron chi connectivity index (χ3n) is 3.41. The SMILES string of the molecule is COc1ccc(-c2csc(NC(=O)Cc3ccccc3)n2)cc1Cl. The van der Waals surface area contributed by atoms with Crippen LogP contribution in [-0.4, -0.2) is 18.0 Å². The molecule has 1 N–H and O–H groups in total. The van der Waals surface area contributed by atoms with Crippen molar-refractivity contribution in [3.8, 4) is 17.0 Å². The summed E-state index contributed by atoms with van der Waals surface area (Å²) < 4.78 is 5.14. The number of aromatic nitrogens is 1. The summed E-state index contributed by atoms with van der Waals surface area (Å²) in [4.78, 5) is 16.5. The molecule has 0 spiro atoms. The molecule has 1 heterocycles. The van der Waals surface area contributed by atoms with Crippen molar-refractivity contribution in [3.63, 3.8) is 0 Å². The zero-order valence-electron chi connectivity index (χ0n) is 13.0. The standard InChI is InChI=1S/C18H15ClN2O2S/c1-23-16-8-7-13(10-14(16)19)15-11-24-18(20-15)21-17(22)9-12-5-3-2-4-6-12/h2-8,10-11H,9H2,1H3,(H,20,21,22). The fourth-order valence-electron chi connectivity index (χ4n) is 2.23. The first-order valence-electron chi connectivity index (χ1n) is 7.29. The van der Waals surface area contributed by atoms with E-state index in [0.717, 1.165) is 16.8 Å². The maximum Gasteiger partial charge on any atom is 0.230 e. The first-order valence-corrected chi connectivity index (χ1v) is 8.54. The molecule has 0 fully saturated rings. The van der Waals surface area contributed by atoms with Crippen molar-refractivity contribution in [2.24, 2.45) is 0 Å². The molecule has 0 aliphatic rings. The minimum Gasteiger partial charge on any atom is -0.495 e. The van der Waals surface area contributed by atoms with Gasteiger partial charge in [0.1, 0.15) is 5.75 Å². The van der Waals surface area contributed by atoms with E-state index in [4.69, 9.17) is 16.3 Å². The van der Waals surface area contributed by atoms with E-state index in [1.54, 1.807) is 19.2 Å². The number of nitrogens with one attached hydrogen (secondary N) is 1. The fourth-order valence-corrected chi connectivity index (χ4v) is 3.23. The van der Waals surface area contributed by atoms with Crippen LogP contribution in [0.4, 0.5) is 5.13 Å². The van der Waals surface area contributed by atoms with Gasteiger partial charge >= 0.3 is 0 Å². The number of rotatable bonds is 5. The second-order valence-corrected chi connectivity index (χ2v) is 6.36. The summed E-state index contributed by atoms with van der Waals surface area (Å²) in [5.41, 5.74) is 2.61. The number of benzene rings is 2. The average Bonchev–Trinajstić information content (AvgIpc) is 3.04. The number of anilines is 1. The first-order chi connectivity index (χ1) is 11.7. The van der Waals surface area contributed by atoms with Gasteiger partial charge in [-0.1, -0.05) is 41.9 Å². The van der Waals surface area contributed by atoms with E-state index in [1.165, 1.54) is 11.3 Å². The van der Waals surface area contributed by atoms with Crippen LogP contribution in [0.15, 0.2) is 53.9 Å². The van der Waals surface area contributed by atoms with Gasteiger partial charge in [0.2, 0.25) is 5.91 Å². The van der Waals surface area contributed by atoms with E-state index in [0.29, 0.717) is 22.3 Å². The number of methoxy groups -OCH3 is 1. The molecule has 6 heteroatoms. The van der Waals surface area contributed by atoms with Crippen LogP contribution in [0.1, 0.15) is 5.56 Å². The molecule has 0 saturated carbocycles. The third kappa shape index (κ3) is 3.93. The van der Waals surface area contributed by atoms with Crippen LogP contribution in [0, 0.1) is 0 Å². The highest BCUT2D eigenvalue weighted by Crippen LogP contribution is 2.31. The summed E-state index contributed by atoms with van der Waals surface area (Å²) in [6.45, 7) is 0. The number of halogens is 1. The smallest absolute Gasteiger partial charge is 0.230 e. The van der Waals surface area contributed by atoms with Gasteiger partial charge in [-0.2, -0.15) is 0 Å². The van der Waals surface area contributed by atoms with Crippen LogP contribution >= 0.6 is 22.9 Å². The van der Waals surface area contributed by atoms with Crippen molar-refractivity contribution in [1.82, 2.24) is 4.98 Å². The van der Waals surface area contributed by atoms with E-state index in [-0.39, 0.29) is 5.91 Å². The minimum absolute atomic E-state index is 0.0881. The lowest BCUT2D eigenvalue weighted by Gasteiger charge is -2.04. The highest BCUT2D eigenvalue weighted by atomic mass is 35.5. The molecule has 0 aliphatic heterocycles. The molecule has 3 rings (SSSR count). The molecular weight excluding hydrogens is 344 g/mol. The lowest BCUT2D eigenvalue weighted by molar-refractivity contribution is -0.115. The Morgan fingerprint density at radius 2 is 2.04 bits per heavy atom. The second kappa shape index (κ2) is 7.47. The maximum atomic E-state index is 12.1. The van der Waals surface area contributed by atoms with Gasteiger partial charge in [0, 0.05) is 10.9 Å². The topological polar surface area (TPSA) is 51.2 Å². The number of amides is 1. The van der Waals surface area contributed by atoms with Crippen LogP contribution in [0.2, 0.25) is 5.02 Å². The lowest BCUT2D eigenvalue weighted by atomic mass is 10.1. The molecule has 0 bridgehead atoms. The van der Waals surface area contributed by atoms with Crippen molar-refractivity contribution < 1.29 is 9.53 Å². The predicted molar refractivity (Wildman–Crippen MR) is 97.9 cm³/mol. The molecule has 0 saturated heterocycles. The van der Waals surface area contributed by atoms with E-state index in [1.807, 2.05) is 41.8 Å². The van der Waals surface area contributed by atoms with Crippen LogP contribution < -0.4 is 10.1 Å². The normalized spacial score (nSPS) is 10.4. The molecule has 24 heavy (non-hydrogen) atoms. The van der Waals surface area contributed by atoms with Crippen molar-refractivity contribution in [2.45, 2.75) is 6.42 Å². The van der Waals surface area contributed by atoms with Gasteiger partial charge in [-0.15, -0.1) is 11.3 Å². The average molecular weight is 359 g/mol. The van der Waals surface area contributed by atoms with Crippen LogP contribution in [0.3, 0.4) is 0 Å². The Balaban J connectivity index is 1.69. The number of ether oxygens (including phenoxy) is 1. The molecule has 0 unspecified atom stereocenters. The Morgan fingerprint density at radius 3 is 2.75 bits per heavy atom. The molecule has 0 radical (unpaired) electrons. The monoisotopic (exact) mass is 358 g/mol. The number of nitrogens with zero attached hydrogens (tertiary/aromatic N) is 1. The predicted octanol–water partition coefficient (Wildman–Crippen LogP) is 4.65. The maximum absolute atomic E-state index is 12.1. The third-order valence-corrected chi connectivity index (χ3v) is 4.46. The van der Waals surface area contributed by atoms with Gasteiger partial charge in [0.25, 0.3) is 0 Å². The molecule has 4 nitrogen and oxygen atoms in total. The molecule has 1 aromatic heterocycles. The van der Waals surface area contributed by atoms with Gasteiger partial charge in [-0.25, -0.2) is 4.98 Å². The van der Waals surface area contributed by atoms with Gasteiger partial charge in [0.15, 0.2) is 5.13 Å². The Kier molecular flexibility index (Phi) is 5.13. The summed E-state index contributed by atoms with van der Waals surface area (Å²) >= 11 is 7.52. The summed E-state index contributed by atoms with van der Waals surface area (Å²) in [6, 6.07) is 15.1. The Labute approximate surface area is 149 Å². The van der Waals surface area contributed by atoms with E-state index in [9.17, 15) is 4.79 Å². The van der Waals surface area contributed by atoms with Crippen LogP contribution in [0.5, 0.6) is 5.75 Å². The molecule has 3 aromatic rings. The zero-order chi connectivity index (χ0) is 16.9. The fraction of sp³-hybridized carbons (Fsp3) is 0.111. The summed E-state index contributed by atoms with van der Waals surface area (Å²) in [5.74, 6) is 0.530. The van der Waals surface area contributed by atoms with Crippen molar-refractivity contribution >= 4 is 34.0 Å².